The smallest absolute Gasteiger partial charge is 0.227 e. The van der Waals surface area contributed by atoms with E-state index in [2.05, 4.69) is 15.2 Å². The first kappa shape index (κ1) is 17.2. The molecular weight excluding hydrogens is 352 g/mol. The maximum absolute atomic E-state index is 12.6. The van der Waals surface area contributed by atoms with Crippen LogP contribution in [0.15, 0.2) is 30.5 Å². The fourth-order valence-corrected chi connectivity index (χ4v) is 3.64. The Labute approximate surface area is 157 Å². The summed E-state index contributed by atoms with van der Waals surface area (Å²) in [5, 5.41) is 3.57. The Bertz CT molecular complexity index is 808. The van der Waals surface area contributed by atoms with Crippen LogP contribution in [0.5, 0.6) is 0 Å². The number of benzene rings is 1. The second-order valence-electron chi connectivity index (χ2n) is 6.68. The molecule has 0 radical (unpaired) electrons. The molecule has 7 heteroatoms. The summed E-state index contributed by atoms with van der Waals surface area (Å²) in [5.74, 6) is 0.725. The van der Waals surface area contributed by atoms with E-state index in [1.165, 1.54) is 0 Å². The highest BCUT2D eigenvalue weighted by Gasteiger charge is 2.27. The lowest BCUT2D eigenvalue weighted by Gasteiger charge is -2.28. The summed E-state index contributed by atoms with van der Waals surface area (Å²) in [6.07, 6.45) is 4.14. The van der Waals surface area contributed by atoms with Crippen molar-refractivity contribution < 1.29 is 9.53 Å². The number of anilines is 2. The number of morpholine rings is 1. The average Bonchev–Trinajstić information content (AvgIpc) is 2.68. The third kappa shape index (κ3) is 3.81. The first-order valence-corrected chi connectivity index (χ1v) is 9.31. The van der Waals surface area contributed by atoms with Gasteiger partial charge in [-0.15, -0.1) is 0 Å². The zero-order valence-electron chi connectivity index (χ0n) is 14.4. The lowest BCUT2D eigenvalue weighted by Crippen LogP contribution is -2.38. The van der Waals surface area contributed by atoms with Crippen LogP contribution in [0, 0.1) is 5.92 Å². The number of aryl methyl sites for hydroxylation is 1. The van der Waals surface area contributed by atoms with Crippen molar-refractivity contribution in [3.8, 4) is 0 Å². The first-order chi connectivity index (χ1) is 12.7. The maximum Gasteiger partial charge on any atom is 0.227 e. The highest BCUT2D eigenvalue weighted by molar-refractivity contribution is 6.30. The van der Waals surface area contributed by atoms with Gasteiger partial charge in [0, 0.05) is 41.6 Å². The summed E-state index contributed by atoms with van der Waals surface area (Å²) in [7, 11) is 0. The third-order valence-electron chi connectivity index (χ3n) is 4.89. The van der Waals surface area contributed by atoms with E-state index in [9.17, 15) is 4.79 Å². The molecule has 0 saturated carbocycles. The van der Waals surface area contributed by atoms with Crippen molar-refractivity contribution in [2.75, 3.05) is 36.5 Å². The van der Waals surface area contributed by atoms with Crippen molar-refractivity contribution >= 4 is 29.1 Å². The van der Waals surface area contributed by atoms with Crippen LogP contribution in [-0.2, 0) is 22.4 Å². The summed E-state index contributed by atoms with van der Waals surface area (Å²) in [5.41, 5.74) is 2.86. The third-order valence-corrected chi connectivity index (χ3v) is 5.13. The fraction of sp³-hybridized carbons (Fsp3) is 0.421. The van der Waals surface area contributed by atoms with Gasteiger partial charge in [-0.25, -0.2) is 9.97 Å². The van der Waals surface area contributed by atoms with Crippen LogP contribution in [-0.4, -0.2) is 42.2 Å². The van der Waals surface area contributed by atoms with Gasteiger partial charge in [-0.05, 0) is 43.0 Å². The number of hydrogen-bond acceptors (Lipinski definition) is 5. The quantitative estimate of drug-likeness (QED) is 0.897. The molecule has 0 spiro atoms. The molecule has 1 aromatic carbocycles. The van der Waals surface area contributed by atoms with Crippen LogP contribution >= 0.6 is 11.6 Å². The number of rotatable bonds is 3. The van der Waals surface area contributed by atoms with E-state index in [4.69, 9.17) is 21.3 Å². The van der Waals surface area contributed by atoms with E-state index in [0.29, 0.717) is 24.7 Å². The van der Waals surface area contributed by atoms with Crippen LogP contribution in [0.3, 0.4) is 0 Å². The summed E-state index contributed by atoms with van der Waals surface area (Å²) in [4.78, 5) is 24.0. The number of carbonyl (C=O) groups excluding carboxylic acids is 1. The maximum atomic E-state index is 12.6. The molecule has 1 aliphatic heterocycles. The topological polar surface area (TPSA) is 67.4 Å². The molecule has 136 valence electrons. The minimum absolute atomic E-state index is 0.0233. The molecule has 1 N–H and O–H groups in total. The van der Waals surface area contributed by atoms with Crippen molar-refractivity contribution in [2.24, 2.45) is 5.92 Å². The van der Waals surface area contributed by atoms with Gasteiger partial charge >= 0.3 is 0 Å². The van der Waals surface area contributed by atoms with Gasteiger partial charge in [-0.2, -0.15) is 0 Å². The summed E-state index contributed by atoms with van der Waals surface area (Å²) >= 11 is 5.98. The Kier molecular flexibility index (Phi) is 5.04. The average molecular weight is 373 g/mol. The van der Waals surface area contributed by atoms with Crippen LogP contribution in [0.2, 0.25) is 5.02 Å². The van der Waals surface area contributed by atoms with E-state index < -0.39 is 0 Å². The predicted molar refractivity (Wildman–Crippen MR) is 101 cm³/mol. The molecule has 1 amide bonds. The van der Waals surface area contributed by atoms with Crippen LogP contribution in [0.1, 0.15) is 17.7 Å². The van der Waals surface area contributed by atoms with E-state index in [0.717, 1.165) is 48.8 Å². The fourth-order valence-electron chi connectivity index (χ4n) is 3.45. The zero-order chi connectivity index (χ0) is 17.9. The van der Waals surface area contributed by atoms with Crippen molar-refractivity contribution in [2.45, 2.75) is 19.3 Å². The molecule has 2 heterocycles. The summed E-state index contributed by atoms with van der Waals surface area (Å²) < 4.78 is 5.38. The Morgan fingerprint density at radius 3 is 2.96 bits per heavy atom. The van der Waals surface area contributed by atoms with Crippen molar-refractivity contribution in [1.82, 2.24) is 9.97 Å². The Balaban J connectivity index is 1.43. The van der Waals surface area contributed by atoms with Gasteiger partial charge in [-0.3, -0.25) is 4.79 Å². The number of aromatic nitrogens is 2. The number of hydrogen-bond donors (Lipinski definition) is 1. The number of ether oxygens (including phenoxy) is 1. The van der Waals surface area contributed by atoms with Gasteiger partial charge in [-0.1, -0.05) is 17.7 Å². The first-order valence-electron chi connectivity index (χ1n) is 8.93. The molecule has 4 rings (SSSR count). The molecule has 2 aromatic rings. The van der Waals surface area contributed by atoms with Crippen LogP contribution in [0.4, 0.5) is 11.6 Å². The van der Waals surface area contributed by atoms with E-state index in [1.807, 2.05) is 18.3 Å². The number of nitrogens with zero attached hydrogens (tertiary/aromatic N) is 3. The monoisotopic (exact) mass is 372 g/mol. The molecule has 1 aliphatic carbocycles. The SMILES string of the molecule is O=C(Nc1cccc(Cl)c1)C1CCc2nc(N3CCOCC3)ncc2C1. The van der Waals surface area contributed by atoms with Crippen molar-refractivity contribution in [3.63, 3.8) is 0 Å². The van der Waals surface area contributed by atoms with Crippen molar-refractivity contribution in [1.29, 1.82) is 0 Å². The van der Waals surface area contributed by atoms with Gasteiger partial charge in [0.2, 0.25) is 11.9 Å². The molecule has 6 nitrogen and oxygen atoms in total. The molecule has 2 aliphatic rings. The number of amides is 1. The molecule has 26 heavy (non-hydrogen) atoms. The Hall–Kier alpha value is -2.18. The van der Waals surface area contributed by atoms with Gasteiger partial charge in [0.25, 0.3) is 0 Å². The van der Waals surface area contributed by atoms with Crippen molar-refractivity contribution in [3.05, 3.63) is 46.7 Å². The number of carbonyl (C=O) groups is 1. The molecule has 1 saturated heterocycles. The highest BCUT2D eigenvalue weighted by atomic mass is 35.5. The Morgan fingerprint density at radius 1 is 1.31 bits per heavy atom. The summed E-state index contributed by atoms with van der Waals surface area (Å²) in [6, 6.07) is 7.22. The molecule has 0 bridgehead atoms. The van der Waals surface area contributed by atoms with Gasteiger partial charge in [0.1, 0.15) is 0 Å². The normalized spacial score (nSPS) is 19.7. The minimum atomic E-state index is -0.0701. The number of nitrogens with one attached hydrogen (secondary N) is 1. The van der Waals surface area contributed by atoms with Crippen LogP contribution < -0.4 is 10.2 Å². The van der Waals surface area contributed by atoms with Gasteiger partial charge in [0.15, 0.2) is 0 Å². The van der Waals surface area contributed by atoms with Crippen LogP contribution in [0.25, 0.3) is 0 Å². The number of halogens is 1. The molecular formula is C19H21ClN4O2. The lowest BCUT2D eigenvalue weighted by atomic mass is 9.86. The van der Waals surface area contributed by atoms with Gasteiger partial charge < -0.3 is 15.0 Å². The zero-order valence-corrected chi connectivity index (χ0v) is 15.2. The molecule has 1 unspecified atom stereocenters. The Morgan fingerprint density at radius 2 is 2.15 bits per heavy atom. The summed E-state index contributed by atoms with van der Waals surface area (Å²) in [6.45, 7) is 3.07. The van der Waals surface area contributed by atoms with E-state index in [-0.39, 0.29) is 11.8 Å². The number of fused-ring (bicyclic) bond motifs is 1. The van der Waals surface area contributed by atoms with Gasteiger partial charge in [0.05, 0.1) is 13.2 Å². The van der Waals surface area contributed by atoms with E-state index >= 15 is 0 Å². The molecule has 1 fully saturated rings. The highest BCUT2D eigenvalue weighted by Crippen LogP contribution is 2.27. The molecule has 1 atom stereocenters. The molecule has 1 aromatic heterocycles. The minimum Gasteiger partial charge on any atom is -0.378 e. The second-order valence-corrected chi connectivity index (χ2v) is 7.12. The lowest BCUT2D eigenvalue weighted by molar-refractivity contribution is -0.120. The predicted octanol–water partition coefficient (Wildman–Crippen LogP) is 2.71. The largest absolute Gasteiger partial charge is 0.378 e. The second kappa shape index (κ2) is 7.60. The standard InChI is InChI=1S/C19H21ClN4O2/c20-15-2-1-3-16(11-15)22-18(25)13-4-5-17-14(10-13)12-21-19(23-17)24-6-8-26-9-7-24/h1-3,11-13H,4-10H2,(H,22,25). The van der Waals surface area contributed by atoms with E-state index in [1.54, 1.807) is 12.1 Å².